The summed E-state index contributed by atoms with van der Waals surface area (Å²) < 4.78 is 6.57. The molecule has 1 aromatic rings. The topological polar surface area (TPSA) is 24.5 Å². The molecule has 1 heterocycles. The minimum absolute atomic E-state index is 0.467. The fourth-order valence-electron chi connectivity index (χ4n) is 2.54. The predicted molar refractivity (Wildman–Crippen MR) is 82.9 cm³/mol. The molecule has 0 radical (unpaired) electrons. The molecule has 0 saturated carbocycles. The molecular formula is C15H23BrN2O. The predicted octanol–water partition coefficient (Wildman–Crippen LogP) is 2.99. The average Bonchev–Trinajstić information content (AvgIpc) is 2.39. The number of benzene rings is 1. The number of hydrogen-bond donors (Lipinski definition) is 1. The molecule has 0 atom stereocenters. The first-order chi connectivity index (χ1) is 9.11. The number of ether oxygens (including phenoxy) is 1. The van der Waals surface area contributed by atoms with Crippen LogP contribution in [0.1, 0.15) is 30.9 Å². The van der Waals surface area contributed by atoms with Gasteiger partial charge < -0.3 is 10.1 Å². The van der Waals surface area contributed by atoms with Gasteiger partial charge in [0.05, 0.1) is 11.6 Å². The molecule has 0 spiro atoms. The maximum atomic E-state index is 5.51. The minimum Gasteiger partial charge on any atom is -0.495 e. The van der Waals surface area contributed by atoms with Crippen molar-refractivity contribution >= 4 is 15.9 Å². The minimum atomic E-state index is 0.467. The van der Waals surface area contributed by atoms with Crippen LogP contribution in [-0.2, 0) is 6.54 Å². The largest absolute Gasteiger partial charge is 0.495 e. The monoisotopic (exact) mass is 326 g/mol. The van der Waals surface area contributed by atoms with Gasteiger partial charge in [0.2, 0.25) is 0 Å². The van der Waals surface area contributed by atoms with Crippen LogP contribution in [0.2, 0.25) is 0 Å². The summed E-state index contributed by atoms with van der Waals surface area (Å²) >= 11 is 3.64. The normalized spacial score (nSPS) is 16.9. The Morgan fingerprint density at radius 2 is 2.00 bits per heavy atom. The number of rotatable bonds is 4. The smallest absolute Gasteiger partial charge is 0.136 e. The van der Waals surface area contributed by atoms with E-state index in [4.69, 9.17) is 4.74 Å². The molecule has 4 heteroatoms. The van der Waals surface area contributed by atoms with Crippen LogP contribution < -0.4 is 10.1 Å². The van der Waals surface area contributed by atoms with E-state index in [2.05, 4.69) is 52.1 Å². The van der Waals surface area contributed by atoms with Gasteiger partial charge in [-0.3, -0.25) is 4.90 Å². The Bertz CT molecular complexity index is 428. The van der Waals surface area contributed by atoms with Crippen molar-refractivity contribution in [3.63, 3.8) is 0 Å². The average molecular weight is 327 g/mol. The highest BCUT2D eigenvalue weighted by atomic mass is 79.9. The summed E-state index contributed by atoms with van der Waals surface area (Å²) in [6.07, 6.45) is 0. The van der Waals surface area contributed by atoms with Crippen molar-refractivity contribution in [3.8, 4) is 5.75 Å². The molecule has 1 N–H and O–H groups in total. The summed E-state index contributed by atoms with van der Waals surface area (Å²) in [6.45, 7) is 9.87. The molecule has 0 unspecified atom stereocenters. The Balaban J connectivity index is 2.21. The second kappa shape index (κ2) is 6.73. The van der Waals surface area contributed by atoms with Gasteiger partial charge in [0.25, 0.3) is 0 Å². The number of hydrogen-bond acceptors (Lipinski definition) is 3. The van der Waals surface area contributed by atoms with Crippen molar-refractivity contribution in [2.75, 3.05) is 33.3 Å². The molecular weight excluding hydrogens is 304 g/mol. The molecule has 0 aromatic heterocycles. The molecule has 3 nitrogen and oxygen atoms in total. The molecule has 1 aliphatic rings. The molecule has 1 aromatic carbocycles. The van der Waals surface area contributed by atoms with E-state index in [1.54, 1.807) is 7.11 Å². The van der Waals surface area contributed by atoms with Gasteiger partial charge in [0.1, 0.15) is 5.75 Å². The highest BCUT2D eigenvalue weighted by Crippen LogP contribution is 2.35. The van der Waals surface area contributed by atoms with Gasteiger partial charge in [-0.15, -0.1) is 0 Å². The van der Waals surface area contributed by atoms with Crippen molar-refractivity contribution in [2.24, 2.45) is 0 Å². The van der Waals surface area contributed by atoms with Gasteiger partial charge >= 0.3 is 0 Å². The van der Waals surface area contributed by atoms with Crippen LogP contribution in [0.4, 0.5) is 0 Å². The van der Waals surface area contributed by atoms with E-state index in [1.165, 1.54) is 11.1 Å². The standard InChI is InChI=1S/C15H23BrN2O/c1-11(2)13-8-12(9-14(16)15(13)19-3)10-18-6-4-17-5-7-18/h8-9,11,17H,4-7,10H2,1-3H3. The van der Waals surface area contributed by atoms with E-state index in [9.17, 15) is 0 Å². The quantitative estimate of drug-likeness (QED) is 0.920. The second-order valence-electron chi connectivity index (χ2n) is 5.38. The fourth-order valence-corrected chi connectivity index (χ4v) is 3.22. The van der Waals surface area contributed by atoms with Crippen LogP contribution in [0.3, 0.4) is 0 Å². The highest BCUT2D eigenvalue weighted by molar-refractivity contribution is 9.10. The van der Waals surface area contributed by atoms with Gasteiger partial charge in [-0.25, -0.2) is 0 Å². The number of nitrogens with one attached hydrogen (secondary N) is 1. The van der Waals surface area contributed by atoms with E-state index in [0.717, 1.165) is 42.9 Å². The molecule has 1 aliphatic heterocycles. The Morgan fingerprint density at radius 3 is 2.58 bits per heavy atom. The first kappa shape index (κ1) is 14.8. The van der Waals surface area contributed by atoms with Crippen LogP contribution in [0.15, 0.2) is 16.6 Å². The summed E-state index contributed by atoms with van der Waals surface area (Å²) in [5, 5.41) is 3.39. The van der Waals surface area contributed by atoms with Crippen molar-refractivity contribution in [1.82, 2.24) is 10.2 Å². The SMILES string of the molecule is COc1c(Br)cc(CN2CCNCC2)cc1C(C)C. The van der Waals surface area contributed by atoms with Gasteiger partial charge in [0.15, 0.2) is 0 Å². The summed E-state index contributed by atoms with van der Waals surface area (Å²) in [5.74, 6) is 1.44. The third kappa shape index (κ3) is 3.71. The lowest BCUT2D eigenvalue weighted by Crippen LogP contribution is -2.42. The maximum absolute atomic E-state index is 5.51. The Hall–Kier alpha value is -0.580. The van der Waals surface area contributed by atoms with E-state index in [0.29, 0.717) is 5.92 Å². The molecule has 106 valence electrons. The number of nitrogens with zero attached hydrogens (tertiary/aromatic N) is 1. The molecule has 2 rings (SSSR count). The van der Waals surface area contributed by atoms with Gasteiger partial charge in [-0.1, -0.05) is 19.9 Å². The lowest BCUT2D eigenvalue weighted by atomic mass is 9.99. The molecule has 19 heavy (non-hydrogen) atoms. The van der Waals surface area contributed by atoms with Crippen molar-refractivity contribution in [1.29, 1.82) is 0 Å². The van der Waals surface area contributed by atoms with E-state index < -0.39 is 0 Å². The Kier molecular flexibility index (Phi) is 5.25. The lowest BCUT2D eigenvalue weighted by Gasteiger charge is -2.27. The summed E-state index contributed by atoms with van der Waals surface area (Å²) in [4.78, 5) is 2.49. The molecule has 0 aliphatic carbocycles. The summed E-state index contributed by atoms with van der Waals surface area (Å²) in [6, 6.07) is 4.48. The van der Waals surface area contributed by atoms with E-state index in [1.807, 2.05) is 0 Å². The van der Waals surface area contributed by atoms with E-state index in [-0.39, 0.29) is 0 Å². The van der Waals surface area contributed by atoms with Crippen LogP contribution >= 0.6 is 15.9 Å². The summed E-state index contributed by atoms with van der Waals surface area (Å²) in [5.41, 5.74) is 2.64. The molecule has 1 fully saturated rings. The molecule has 1 saturated heterocycles. The zero-order valence-corrected chi connectivity index (χ0v) is 13.6. The first-order valence-electron chi connectivity index (χ1n) is 6.91. The van der Waals surface area contributed by atoms with Gasteiger partial charge in [0, 0.05) is 32.7 Å². The van der Waals surface area contributed by atoms with Crippen molar-refractivity contribution in [3.05, 3.63) is 27.7 Å². The fraction of sp³-hybridized carbons (Fsp3) is 0.600. The van der Waals surface area contributed by atoms with Crippen molar-refractivity contribution in [2.45, 2.75) is 26.3 Å². The first-order valence-corrected chi connectivity index (χ1v) is 7.70. The van der Waals surface area contributed by atoms with Crippen LogP contribution in [-0.4, -0.2) is 38.2 Å². The summed E-state index contributed by atoms with van der Waals surface area (Å²) in [7, 11) is 1.74. The molecule has 0 amide bonds. The Labute approximate surface area is 124 Å². The van der Waals surface area contributed by atoms with Gasteiger partial charge in [-0.2, -0.15) is 0 Å². The van der Waals surface area contributed by atoms with Gasteiger partial charge in [-0.05, 0) is 39.0 Å². The highest BCUT2D eigenvalue weighted by Gasteiger charge is 2.15. The van der Waals surface area contributed by atoms with Crippen LogP contribution in [0, 0.1) is 0 Å². The van der Waals surface area contributed by atoms with E-state index >= 15 is 0 Å². The third-order valence-electron chi connectivity index (χ3n) is 3.57. The van der Waals surface area contributed by atoms with Crippen LogP contribution in [0.5, 0.6) is 5.75 Å². The number of methoxy groups -OCH3 is 1. The zero-order chi connectivity index (χ0) is 13.8. The van der Waals surface area contributed by atoms with Crippen LogP contribution in [0.25, 0.3) is 0 Å². The molecule has 0 bridgehead atoms. The number of piperazine rings is 1. The third-order valence-corrected chi connectivity index (χ3v) is 4.16. The Morgan fingerprint density at radius 1 is 1.32 bits per heavy atom. The maximum Gasteiger partial charge on any atom is 0.136 e. The lowest BCUT2D eigenvalue weighted by molar-refractivity contribution is 0.233. The van der Waals surface area contributed by atoms with Crippen molar-refractivity contribution < 1.29 is 4.74 Å². The second-order valence-corrected chi connectivity index (χ2v) is 6.24. The number of halogens is 1. The zero-order valence-electron chi connectivity index (χ0n) is 12.0.